The van der Waals surface area contributed by atoms with E-state index >= 15 is 0 Å². The fourth-order valence-electron chi connectivity index (χ4n) is 0.827. The van der Waals surface area contributed by atoms with Crippen molar-refractivity contribution in [1.82, 2.24) is 0 Å². The molecule has 0 aliphatic heterocycles. The molecule has 0 aromatic carbocycles. The molecule has 1 atom stereocenters. The van der Waals surface area contributed by atoms with Crippen LogP contribution in [0.15, 0.2) is 11.6 Å². The fourth-order valence-corrected chi connectivity index (χ4v) is 0.827. The summed E-state index contributed by atoms with van der Waals surface area (Å²) in [5, 5.41) is 8.80. The third-order valence-electron chi connectivity index (χ3n) is 1.29. The molecule has 1 rings (SSSR count). The van der Waals surface area contributed by atoms with Crippen LogP contribution in [0.3, 0.4) is 0 Å². The van der Waals surface area contributed by atoms with Gasteiger partial charge in [0.2, 0.25) is 0 Å². The van der Waals surface area contributed by atoms with Gasteiger partial charge in [-0.3, -0.25) is 4.79 Å². The van der Waals surface area contributed by atoms with Crippen molar-refractivity contribution in [2.75, 3.05) is 0 Å². The van der Waals surface area contributed by atoms with Crippen LogP contribution >= 0.6 is 0 Å². The number of carbonyl (C=O) groups is 1. The summed E-state index contributed by atoms with van der Waals surface area (Å²) < 4.78 is 0. The van der Waals surface area contributed by atoms with E-state index in [1.165, 1.54) is 0 Å². The second kappa shape index (κ2) is 2.09. The van der Waals surface area contributed by atoms with Gasteiger partial charge in [-0.25, -0.2) is 0 Å². The standard InChI is InChI=1S/C6H8O2/c7-4-5-1-2-6(8)3-5/h3-4,6,8H,1-2H2. The van der Waals surface area contributed by atoms with Crippen molar-refractivity contribution in [3.8, 4) is 0 Å². The first kappa shape index (κ1) is 5.51. The molecule has 0 aromatic rings. The average Bonchev–Trinajstić information content (AvgIpc) is 2.14. The lowest BCUT2D eigenvalue weighted by Crippen LogP contribution is -1.93. The van der Waals surface area contributed by atoms with Crippen LogP contribution in [0.4, 0.5) is 0 Å². The number of carbonyl (C=O) groups excluding carboxylic acids is 1. The second-order valence-corrected chi connectivity index (χ2v) is 1.97. The van der Waals surface area contributed by atoms with Gasteiger partial charge in [0, 0.05) is 0 Å². The highest BCUT2D eigenvalue weighted by atomic mass is 16.3. The first-order valence-corrected chi connectivity index (χ1v) is 2.67. The summed E-state index contributed by atoms with van der Waals surface area (Å²) in [4.78, 5) is 9.97. The van der Waals surface area contributed by atoms with E-state index in [1.807, 2.05) is 0 Å². The maximum absolute atomic E-state index is 9.97. The minimum atomic E-state index is -0.366. The largest absolute Gasteiger partial charge is 0.389 e. The molecule has 2 nitrogen and oxygen atoms in total. The van der Waals surface area contributed by atoms with Gasteiger partial charge in [-0.2, -0.15) is 0 Å². The van der Waals surface area contributed by atoms with E-state index in [1.54, 1.807) is 6.08 Å². The Morgan fingerprint density at radius 3 is 2.88 bits per heavy atom. The first-order chi connectivity index (χ1) is 3.83. The van der Waals surface area contributed by atoms with Gasteiger partial charge in [0.05, 0.1) is 6.10 Å². The summed E-state index contributed by atoms with van der Waals surface area (Å²) in [5.74, 6) is 0. The van der Waals surface area contributed by atoms with Crippen LogP contribution in [0.5, 0.6) is 0 Å². The lowest BCUT2D eigenvalue weighted by molar-refractivity contribution is -0.105. The molecule has 0 aromatic heterocycles. The van der Waals surface area contributed by atoms with E-state index in [0.29, 0.717) is 6.42 Å². The molecule has 0 heterocycles. The van der Waals surface area contributed by atoms with E-state index < -0.39 is 0 Å². The average molecular weight is 112 g/mol. The fraction of sp³-hybridized carbons (Fsp3) is 0.500. The summed E-state index contributed by atoms with van der Waals surface area (Å²) in [6.45, 7) is 0. The summed E-state index contributed by atoms with van der Waals surface area (Å²) in [6.07, 6.45) is 3.50. The molecule has 8 heavy (non-hydrogen) atoms. The molecule has 1 aliphatic carbocycles. The van der Waals surface area contributed by atoms with Gasteiger partial charge in [-0.05, 0) is 24.5 Å². The van der Waals surface area contributed by atoms with Crippen LogP contribution in [-0.2, 0) is 4.79 Å². The molecular weight excluding hydrogens is 104 g/mol. The Morgan fingerprint density at radius 1 is 1.88 bits per heavy atom. The van der Waals surface area contributed by atoms with Crippen molar-refractivity contribution in [1.29, 1.82) is 0 Å². The molecule has 44 valence electrons. The van der Waals surface area contributed by atoms with Crippen LogP contribution in [0.2, 0.25) is 0 Å². The third kappa shape index (κ3) is 0.954. The Bertz CT molecular complexity index is 126. The van der Waals surface area contributed by atoms with Gasteiger partial charge in [-0.1, -0.05) is 0 Å². The molecule has 1 N–H and O–H groups in total. The van der Waals surface area contributed by atoms with E-state index in [0.717, 1.165) is 18.3 Å². The van der Waals surface area contributed by atoms with Gasteiger partial charge < -0.3 is 5.11 Å². The molecule has 0 bridgehead atoms. The molecule has 1 aliphatic rings. The van der Waals surface area contributed by atoms with Gasteiger partial charge in [-0.15, -0.1) is 0 Å². The predicted molar refractivity (Wildman–Crippen MR) is 29.4 cm³/mol. The van der Waals surface area contributed by atoms with Crippen molar-refractivity contribution in [2.24, 2.45) is 0 Å². The molecule has 0 amide bonds. The van der Waals surface area contributed by atoms with Crippen LogP contribution in [-0.4, -0.2) is 17.5 Å². The second-order valence-electron chi connectivity index (χ2n) is 1.97. The summed E-state index contributed by atoms with van der Waals surface area (Å²) >= 11 is 0. The number of aldehydes is 1. The molecule has 0 radical (unpaired) electrons. The van der Waals surface area contributed by atoms with Crippen LogP contribution in [0.25, 0.3) is 0 Å². The zero-order valence-electron chi connectivity index (χ0n) is 4.50. The minimum absolute atomic E-state index is 0.366. The Hall–Kier alpha value is -0.630. The number of hydrogen-bond donors (Lipinski definition) is 1. The summed E-state index contributed by atoms with van der Waals surface area (Å²) in [5.41, 5.74) is 0.734. The predicted octanol–water partition coefficient (Wildman–Crippen LogP) is 0.266. The van der Waals surface area contributed by atoms with Gasteiger partial charge in [0.1, 0.15) is 6.29 Å². The van der Waals surface area contributed by atoms with Crippen molar-refractivity contribution < 1.29 is 9.90 Å². The highest BCUT2D eigenvalue weighted by Crippen LogP contribution is 2.15. The van der Waals surface area contributed by atoms with E-state index in [2.05, 4.69) is 0 Å². The third-order valence-corrected chi connectivity index (χ3v) is 1.29. The smallest absolute Gasteiger partial charge is 0.145 e. The first-order valence-electron chi connectivity index (χ1n) is 2.67. The Morgan fingerprint density at radius 2 is 2.62 bits per heavy atom. The molecule has 1 unspecified atom stereocenters. The number of aliphatic hydroxyl groups excluding tert-OH is 1. The lowest BCUT2D eigenvalue weighted by Gasteiger charge is -1.89. The molecule has 0 saturated carbocycles. The highest BCUT2D eigenvalue weighted by Gasteiger charge is 2.10. The Labute approximate surface area is 47.8 Å². The summed E-state index contributed by atoms with van der Waals surface area (Å²) in [7, 11) is 0. The van der Waals surface area contributed by atoms with Gasteiger partial charge in [0.25, 0.3) is 0 Å². The van der Waals surface area contributed by atoms with E-state index in [4.69, 9.17) is 5.11 Å². The van der Waals surface area contributed by atoms with Gasteiger partial charge >= 0.3 is 0 Å². The molecule has 2 heteroatoms. The lowest BCUT2D eigenvalue weighted by atomic mass is 10.3. The van der Waals surface area contributed by atoms with Crippen molar-refractivity contribution in [2.45, 2.75) is 18.9 Å². The van der Waals surface area contributed by atoms with Crippen molar-refractivity contribution in [3.05, 3.63) is 11.6 Å². The number of aliphatic hydroxyl groups is 1. The minimum Gasteiger partial charge on any atom is -0.389 e. The Kier molecular flexibility index (Phi) is 1.44. The van der Waals surface area contributed by atoms with E-state index in [9.17, 15) is 4.79 Å². The quantitative estimate of drug-likeness (QED) is 0.494. The van der Waals surface area contributed by atoms with Crippen molar-refractivity contribution in [3.63, 3.8) is 0 Å². The highest BCUT2D eigenvalue weighted by molar-refractivity contribution is 5.74. The molecule has 0 spiro atoms. The maximum atomic E-state index is 9.97. The number of hydrogen-bond acceptors (Lipinski definition) is 2. The van der Waals surface area contributed by atoms with Crippen molar-refractivity contribution >= 4 is 6.29 Å². The van der Waals surface area contributed by atoms with Crippen LogP contribution in [0, 0.1) is 0 Å². The Balaban J connectivity index is 2.56. The van der Waals surface area contributed by atoms with Crippen LogP contribution < -0.4 is 0 Å². The zero-order chi connectivity index (χ0) is 5.98. The number of allylic oxidation sites excluding steroid dienone is 1. The monoisotopic (exact) mass is 112 g/mol. The number of rotatable bonds is 1. The van der Waals surface area contributed by atoms with Crippen LogP contribution in [0.1, 0.15) is 12.8 Å². The van der Waals surface area contributed by atoms with Gasteiger partial charge in [0.15, 0.2) is 0 Å². The van der Waals surface area contributed by atoms with E-state index in [-0.39, 0.29) is 6.10 Å². The molecular formula is C6H8O2. The SMILES string of the molecule is O=CC1=CC(O)CC1. The molecule has 0 saturated heterocycles. The summed E-state index contributed by atoms with van der Waals surface area (Å²) in [6, 6.07) is 0. The normalized spacial score (nSPS) is 27.6. The topological polar surface area (TPSA) is 37.3 Å². The zero-order valence-corrected chi connectivity index (χ0v) is 4.50. The maximum Gasteiger partial charge on any atom is 0.145 e. The molecule has 0 fully saturated rings.